The first kappa shape index (κ1) is 16.5. The highest BCUT2D eigenvalue weighted by Gasteiger charge is 2.13. The molecule has 0 aliphatic heterocycles. The monoisotopic (exact) mass is 358 g/mol. The highest BCUT2D eigenvalue weighted by molar-refractivity contribution is 7.22. The Morgan fingerprint density at radius 2 is 1.58 bits per heavy atom. The second-order valence-electron chi connectivity index (χ2n) is 6.08. The van der Waals surface area contributed by atoms with Gasteiger partial charge in [-0.1, -0.05) is 72.0 Å². The van der Waals surface area contributed by atoms with Crippen LogP contribution in [0.25, 0.3) is 10.2 Å². The minimum atomic E-state index is -0.104. The lowest BCUT2D eigenvalue weighted by atomic mass is 9.99. The summed E-state index contributed by atoms with van der Waals surface area (Å²) >= 11 is 1.49. The number of carbonyl (C=O) groups excluding carboxylic acids is 1. The molecule has 1 N–H and O–H groups in total. The Balaban J connectivity index is 1.52. The summed E-state index contributed by atoms with van der Waals surface area (Å²) in [7, 11) is 0. The van der Waals surface area contributed by atoms with E-state index >= 15 is 0 Å². The third-order valence-electron chi connectivity index (χ3n) is 4.30. The summed E-state index contributed by atoms with van der Waals surface area (Å²) in [6, 6.07) is 26.0. The number of carbonyl (C=O) groups is 1. The van der Waals surface area contributed by atoms with Crippen molar-refractivity contribution in [3.8, 4) is 0 Å². The maximum Gasteiger partial charge on any atom is 0.257 e. The van der Waals surface area contributed by atoms with E-state index in [1.807, 2.05) is 66.7 Å². The predicted octanol–water partition coefficient (Wildman–Crippen LogP) is 5.33. The average molecular weight is 358 g/mol. The first-order valence-electron chi connectivity index (χ1n) is 8.58. The fourth-order valence-electron chi connectivity index (χ4n) is 2.97. The number of hydrogen-bond donors (Lipinski definition) is 1. The van der Waals surface area contributed by atoms with Gasteiger partial charge in [-0.2, -0.15) is 0 Å². The van der Waals surface area contributed by atoms with Crippen molar-refractivity contribution in [3.63, 3.8) is 0 Å². The van der Waals surface area contributed by atoms with Gasteiger partial charge in [0.2, 0.25) is 0 Å². The van der Waals surface area contributed by atoms with E-state index in [0.717, 1.165) is 28.6 Å². The number of rotatable bonds is 5. The highest BCUT2D eigenvalue weighted by Crippen LogP contribution is 2.26. The topological polar surface area (TPSA) is 42.0 Å². The van der Waals surface area contributed by atoms with E-state index in [4.69, 9.17) is 0 Å². The van der Waals surface area contributed by atoms with Crippen molar-refractivity contribution in [3.05, 3.63) is 95.6 Å². The molecule has 0 fully saturated rings. The molecule has 0 spiro atoms. The van der Waals surface area contributed by atoms with Crippen molar-refractivity contribution >= 4 is 32.6 Å². The van der Waals surface area contributed by atoms with E-state index in [2.05, 4.69) is 22.4 Å². The zero-order chi connectivity index (χ0) is 17.8. The maximum absolute atomic E-state index is 12.8. The van der Waals surface area contributed by atoms with Crippen LogP contribution in [0.4, 0.5) is 5.13 Å². The quantitative estimate of drug-likeness (QED) is 0.524. The smallest absolute Gasteiger partial charge is 0.257 e. The normalized spacial score (nSPS) is 10.8. The Morgan fingerprint density at radius 3 is 2.42 bits per heavy atom. The Kier molecular flexibility index (Phi) is 4.75. The summed E-state index contributed by atoms with van der Waals surface area (Å²) in [6.07, 6.45) is 1.74. The van der Waals surface area contributed by atoms with E-state index < -0.39 is 0 Å². The largest absolute Gasteiger partial charge is 0.298 e. The van der Waals surface area contributed by atoms with Gasteiger partial charge in [-0.25, -0.2) is 4.98 Å². The number of nitrogens with zero attached hydrogens (tertiary/aromatic N) is 1. The first-order chi connectivity index (χ1) is 12.8. The summed E-state index contributed by atoms with van der Waals surface area (Å²) < 4.78 is 1.07. The molecule has 0 unspecified atom stereocenters. The van der Waals surface area contributed by atoms with Crippen LogP contribution in [0.5, 0.6) is 0 Å². The lowest BCUT2D eigenvalue weighted by Gasteiger charge is -2.09. The molecule has 3 aromatic carbocycles. The van der Waals surface area contributed by atoms with Crippen molar-refractivity contribution in [1.29, 1.82) is 0 Å². The molecule has 0 radical (unpaired) electrons. The molecular weight excluding hydrogens is 340 g/mol. The van der Waals surface area contributed by atoms with E-state index in [1.165, 1.54) is 16.9 Å². The zero-order valence-corrected chi connectivity index (χ0v) is 15.0. The van der Waals surface area contributed by atoms with Crippen molar-refractivity contribution in [2.24, 2.45) is 0 Å². The van der Waals surface area contributed by atoms with Crippen molar-refractivity contribution in [2.45, 2.75) is 12.8 Å². The summed E-state index contributed by atoms with van der Waals surface area (Å²) in [5.74, 6) is -0.104. The number of aryl methyl sites for hydroxylation is 2. The fraction of sp³-hybridized carbons (Fsp3) is 0.0909. The van der Waals surface area contributed by atoms with Crippen LogP contribution < -0.4 is 5.32 Å². The van der Waals surface area contributed by atoms with Gasteiger partial charge in [0.05, 0.1) is 10.2 Å². The minimum Gasteiger partial charge on any atom is -0.298 e. The number of para-hydroxylation sites is 1. The Bertz CT molecular complexity index is 1010. The van der Waals surface area contributed by atoms with E-state index in [9.17, 15) is 4.79 Å². The number of thiazole rings is 1. The molecule has 4 rings (SSSR count). The molecule has 0 aliphatic carbocycles. The lowest BCUT2D eigenvalue weighted by molar-refractivity contribution is 0.102. The Hall–Kier alpha value is -2.98. The molecule has 0 saturated heterocycles. The van der Waals surface area contributed by atoms with Gasteiger partial charge < -0.3 is 0 Å². The number of hydrogen-bond acceptors (Lipinski definition) is 3. The van der Waals surface area contributed by atoms with Gasteiger partial charge in [-0.3, -0.25) is 10.1 Å². The second kappa shape index (κ2) is 7.50. The van der Waals surface area contributed by atoms with Gasteiger partial charge in [0.1, 0.15) is 0 Å². The van der Waals surface area contributed by atoms with Crippen LogP contribution in [-0.4, -0.2) is 10.9 Å². The van der Waals surface area contributed by atoms with Crippen LogP contribution in [0, 0.1) is 0 Å². The highest BCUT2D eigenvalue weighted by atomic mass is 32.1. The summed E-state index contributed by atoms with van der Waals surface area (Å²) in [5.41, 5.74) is 3.94. The number of fused-ring (bicyclic) bond motifs is 1. The fourth-order valence-corrected chi connectivity index (χ4v) is 3.83. The van der Waals surface area contributed by atoms with E-state index in [1.54, 1.807) is 0 Å². The van der Waals surface area contributed by atoms with Crippen LogP contribution in [-0.2, 0) is 12.8 Å². The second-order valence-corrected chi connectivity index (χ2v) is 7.11. The van der Waals surface area contributed by atoms with Gasteiger partial charge in [0, 0.05) is 5.56 Å². The van der Waals surface area contributed by atoms with Crippen LogP contribution >= 0.6 is 11.3 Å². The molecular formula is C22H18N2OS. The molecule has 1 heterocycles. The van der Waals surface area contributed by atoms with Crippen LogP contribution in [0.2, 0.25) is 0 Å². The third kappa shape index (κ3) is 3.65. The van der Waals surface area contributed by atoms with Crippen LogP contribution in [0.1, 0.15) is 21.5 Å². The Morgan fingerprint density at radius 1 is 0.846 bits per heavy atom. The standard InChI is InChI=1S/C22H18N2OS/c25-21(24-22-23-19-12-6-7-13-20(19)26-22)18-11-5-4-10-17(18)15-14-16-8-2-1-3-9-16/h1-13H,14-15H2,(H,23,24,25). The number of nitrogens with one attached hydrogen (secondary N) is 1. The number of anilines is 1. The molecule has 0 atom stereocenters. The molecule has 0 saturated carbocycles. The van der Waals surface area contributed by atoms with E-state index in [0.29, 0.717) is 10.7 Å². The van der Waals surface area contributed by atoms with E-state index in [-0.39, 0.29) is 5.91 Å². The predicted molar refractivity (Wildman–Crippen MR) is 108 cm³/mol. The van der Waals surface area contributed by atoms with Gasteiger partial charge >= 0.3 is 0 Å². The number of benzene rings is 3. The maximum atomic E-state index is 12.8. The molecule has 0 bridgehead atoms. The molecule has 128 valence electrons. The van der Waals surface area contributed by atoms with Gasteiger partial charge in [-0.15, -0.1) is 0 Å². The molecule has 3 nitrogen and oxygen atoms in total. The molecule has 1 aromatic heterocycles. The summed E-state index contributed by atoms with van der Waals surface area (Å²) in [4.78, 5) is 17.3. The van der Waals surface area contributed by atoms with Crippen LogP contribution in [0.15, 0.2) is 78.9 Å². The average Bonchev–Trinajstić information content (AvgIpc) is 3.09. The third-order valence-corrected chi connectivity index (χ3v) is 5.25. The molecule has 0 aliphatic rings. The SMILES string of the molecule is O=C(Nc1nc2ccccc2s1)c1ccccc1CCc1ccccc1. The molecule has 1 amide bonds. The number of amides is 1. The van der Waals surface area contributed by atoms with Crippen molar-refractivity contribution in [1.82, 2.24) is 4.98 Å². The first-order valence-corrected chi connectivity index (χ1v) is 9.40. The summed E-state index contributed by atoms with van der Waals surface area (Å²) in [6.45, 7) is 0. The molecule has 4 aromatic rings. The number of aromatic nitrogens is 1. The van der Waals surface area contributed by atoms with Crippen molar-refractivity contribution < 1.29 is 4.79 Å². The summed E-state index contributed by atoms with van der Waals surface area (Å²) in [5, 5.41) is 3.59. The van der Waals surface area contributed by atoms with Gasteiger partial charge in [0.25, 0.3) is 5.91 Å². The van der Waals surface area contributed by atoms with Gasteiger partial charge in [0.15, 0.2) is 5.13 Å². The van der Waals surface area contributed by atoms with Crippen molar-refractivity contribution in [2.75, 3.05) is 5.32 Å². The minimum absolute atomic E-state index is 0.104. The zero-order valence-electron chi connectivity index (χ0n) is 14.2. The van der Waals surface area contributed by atoms with Gasteiger partial charge in [-0.05, 0) is 42.2 Å². The molecule has 4 heteroatoms. The lowest BCUT2D eigenvalue weighted by Crippen LogP contribution is -2.14. The molecule has 26 heavy (non-hydrogen) atoms. The Labute approximate surface area is 156 Å². The van der Waals surface area contributed by atoms with Crippen LogP contribution in [0.3, 0.4) is 0 Å².